The fraction of sp³-hybridized carbons (Fsp3) is 0.636. The third-order valence-corrected chi connectivity index (χ3v) is 6.30. The van der Waals surface area contributed by atoms with Gasteiger partial charge < -0.3 is 10.2 Å². The Kier molecular flexibility index (Phi) is 4.85. The first kappa shape index (κ1) is 13.0. The zero-order chi connectivity index (χ0) is 11.5. The topological polar surface area (TPSA) is 15.3 Å². The lowest BCUT2D eigenvalue weighted by atomic mass is 10.2. The van der Waals surface area contributed by atoms with Crippen LogP contribution in [0, 0.1) is 0 Å². The largest absolute Gasteiger partial charge is 0.310 e. The fourth-order valence-corrected chi connectivity index (χ4v) is 4.22. The first-order valence-corrected chi connectivity index (χ1v) is 7.91. The molecule has 1 unspecified atom stereocenters. The normalized spacial score (nSPS) is 21.8. The second kappa shape index (κ2) is 5.96. The molecule has 0 saturated carbocycles. The van der Waals surface area contributed by atoms with E-state index in [0.717, 1.165) is 23.6 Å². The fourth-order valence-electron chi connectivity index (χ4n) is 2.08. The molecule has 0 radical (unpaired) electrons. The average Bonchev–Trinajstić information content (AvgIpc) is 2.76. The first-order chi connectivity index (χ1) is 7.66. The highest BCUT2D eigenvalue weighted by Gasteiger charge is 2.19. The zero-order valence-electron chi connectivity index (χ0n) is 9.30. The number of thiophene rings is 1. The lowest BCUT2D eigenvalue weighted by molar-refractivity contribution is 0.300. The Balaban J connectivity index is 1.75. The van der Waals surface area contributed by atoms with Gasteiger partial charge in [0.15, 0.2) is 0 Å². The first-order valence-electron chi connectivity index (χ1n) is 5.51. The molecular weight excluding hydrogens is 352 g/mol. The van der Waals surface area contributed by atoms with Gasteiger partial charge in [-0.05, 0) is 64.4 Å². The molecule has 5 heteroatoms. The van der Waals surface area contributed by atoms with Crippen molar-refractivity contribution in [2.24, 2.45) is 0 Å². The second-order valence-corrected chi connectivity index (χ2v) is 7.55. The van der Waals surface area contributed by atoms with Crippen LogP contribution in [0.1, 0.15) is 17.7 Å². The molecule has 1 aromatic heterocycles. The van der Waals surface area contributed by atoms with Crippen molar-refractivity contribution in [1.82, 2.24) is 10.2 Å². The van der Waals surface area contributed by atoms with Crippen LogP contribution in [0.5, 0.6) is 0 Å². The quantitative estimate of drug-likeness (QED) is 0.876. The molecule has 16 heavy (non-hydrogen) atoms. The summed E-state index contributed by atoms with van der Waals surface area (Å²) in [6.07, 6.45) is 2.68. The van der Waals surface area contributed by atoms with E-state index in [2.05, 4.69) is 55.2 Å². The van der Waals surface area contributed by atoms with Gasteiger partial charge in [-0.1, -0.05) is 0 Å². The van der Waals surface area contributed by atoms with E-state index in [1.54, 1.807) is 11.3 Å². The maximum Gasteiger partial charge on any atom is 0.0843 e. The lowest BCUT2D eigenvalue weighted by Crippen LogP contribution is -2.35. The Morgan fingerprint density at radius 3 is 2.94 bits per heavy atom. The summed E-state index contributed by atoms with van der Waals surface area (Å²) in [7, 11) is 2.22. The second-order valence-electron chi connectivity index (χ2n) is 4.24. The molecule has 0 aromatic carbocycles. The van der Waals surface area contributed by atoms with E-state index in [1.807, 2.05) is 0 Å². The molecule has 1 atom stereocenters. The van der Waals surface area contributed by atoms with Crippen molar-refractivity contribution < 1.29 is 0 Å². The molecule has 0 bridgehead atoms. The highest BCUT2D eigenvalue weighted by Crippen LogP contribution is 2.32. The SMILES string of the molecule is CN1CCCC1CNCc1cc(Br)c(Br)s1. The van der Waals surface area contributed by atoms with Crippen LogP contribution in [0.2, 0.25) is 0 Å². The van der Waals surface area contributed by atoms with Crippen LogP contribution in [0.15, 0.2) is 14.3 Å². The number of hydrogen-bond donors (Lipinski definition) is 1. The Hall–Kier alpha value is 0.580. The van der Waals surface area contributed by atoms with Crippen LogP contribution in [0.3, 0.4) is 0 Å². The zero-order valence-corrected chi connectivity index (χ0v) is 13.3. The average molecular weight is 368 g/mol. The molecule has 0 amide bonds. The third-order valence-electron chi connectivity index (χ3n) is 3.05. The molecule has 1 saturated heterocycles. The van der Waals surface area contributed by atoms with Gasteiger partial charge in [-0.25, -0.2) is 0 Å². The van der Waals surface area contributed by atoms with E-state index in [-0.39, 0.29) is 0 Å². The Labute approximate surface area is 118 Å². The summed E-state index contributed by atoms with van der Waals surface area (Å²) < 4.78 is 2.34. The minimum atomic E-state index is 0.729. The minimum Gasteiger partial charge on any atom is -0.310 e. The molecule has 2 nitrogen and oxygen atoms in total. The number of hydrogen-bond acceptors (Lipinski definition) is 3. The van der Waals surface area contributed by atoms with Crippen LogP contribution in [0.4, 0.5) is 0 Å². The molecule has 1 N–H and O–H groups in total. The maximum absolute atomic E-state index is 3.54. The van der Waals surface area contributed by atoms with Crippen LogP contribution in [0.25, 0.3) is 0 Å². The van der Waals surface area contributed by atoms with Gasteiger partial charge >= 0.3 is 0 Å². The summed E-state index contributed by atoms with van der Waals surface area (Å²) in [5.74, 6) is 0. The van der Waals surface area contributed by atoms with Crippen molar-refractivity contribution in [3.63, 3.8) is 0 Å². The standard InChI is InChI=1S/C11H16Br2N2S/c1-15-4-2-3-8(15)6-14-7-9-5-10(12)11(13)16-9/h5,8,14H,2-4,6-7H2,1H3. The lowest BCUT2D eigenvalue weighted by Gasteiger charge is -2.19. The van der Waals surface area contributed by atoms with Crippen molar-refractivity contribution in [2.45, 2.75) is 25.4 Å². The minimum absolute atomic E-state index is 0.729. The maximum atomic E-state index is 3.54. The number of rotatable bonds is 4. The highest BCUT2D eigenvalue weighted by molar-refractivity contribution is 9.13. The van der Waals surface area contributed by atoms with E-state index in [4.69, 9.17) is 0 Å². The van der Waals surface area contributed by atoms with Crippen LogP contribution < -0.4 is 5.32 Å². The highest BCUT2D eigenvalue weighted by atomic mass is 79.9. The Bertz CT molecular complexity index is 334. The van der Waals surface area contributed by atoms with Gasteiger partial charge in [0.05, 0.1) is 3.79 Å². The van der Waals surface area contributed by atoms with E-state index >= 15 is 0 Å². The van der Waals surface area contributed by atoms with Crippen molar-refractivity contribution in [3.05, 3.63) is 19.2 Å². The van der Waals surface area contributed by atoms with E-state index in [1.165, 1.54) is 28.0 Å². The Morgan fingerprint density at radius 2 is 2.38 bits per heavy atom. The van der Waals surface area contributed by atoms with Gasteiger partial charge in [0.25, 0.3) is 0 Å². The smallest absolute Gasteiger partial charge is 0.0843 e. The summed E-state index contributed by atoms with van der Waals surface area (Å²) >= 11 is 8.82. The molecule has 0 spiro atoms. The molecule has 90 valence electrons. The van der Waals surface area contributed by atoms with Gasteiger partial charge in [0, 0.05) is 28.5 Å². The van der Waals surface area contributed by atoms with Gasteiger partial charge in [-0.2, -0.15) is 0 Å². The molecule has 1 aliphatic rings. The monoisotopic (exact) mass is 366 g/mol. The molecule has 1 aromatic rings. The molecular formula is C11H16Br2N2S. The molecule has 0 aliphatic carbocycles. The summed E-state index contributed by atoms with van der Waals surface area (Å²) in [6.45, 7) is 3.32. The number of halogens is 2. The number of likely N-dealkylation sites (tertiary alicyclic amines) is 1. The summed E-state index contributed by atoms with van der Waals surface area (Å²) in [5, 5.41) is 3.54. The molecule has 2 heterocycles. The van der Waals surface area contributed by atoms with Crippen LogP contribution >= 0.6 is 43.2 Å². The van der Waals surface area contributed by atoms with Crippen molar-refractivity contribution in [1.29, 1.82) is 0 Å². The van der Waals surface area contributed by atoms with E-state index in [0.29, 0.717) is 0 Å². The van der Waals surface area contributed by atoms with Gasteiger partial charge in [-0.3, -0.25) is 0 Å². The molecule has 1 aliphatic heterocycles. The van der Waals surface area contributed by atoms with Gasteiger partial charge in [-0.15, -0.1) is 11.3 Å². The Morgan fingerprint density at radius 1 is 1.56 bits per heavy atom. The van der Waals surface area contributed by atoms with E-state index in [9.17, 15) is 0 Å². The molecule has 2 rings (SSSR count). The number of nitrogens with zero attached hydrogens (tertiary/aromatic N) is 1. The van der Waals surface area contributed by atoms with Gasteiger partial charge in [0.2, 0.25) is 0 Å². The predicted molar refractivity (Wildman–Crippen MR) is 77.1 cm³/mol. The number of nitrogens with one attached hydrogen (secondary N) is 1. The van der Waals surface area contributed by atoms with Crippen LogP contribution in [-0.4, -0.2) is 31.1 Å². The predicted octanol–water partition coefficient (Wildman–Crippen LogP) is 3.46. The van der Waals surface area contributed by atoms with E-state index < -0.39 is 0 Å². The summed E-state index contributed by atoms with van der Waals surface area (Å²) in [6, 6.07) is 2.91. The van der Waals surface area contributed by atoms with Crippen LogP contribution in [-0.2, 0) is 6.54 Å². The summed E-state index contributed by atoms with van der Waals surface area (Å²) in [5.41, 5.74) is 0. The summed E-state index contributed by atoms with van der Waals surface area (Å²) in [4.78, 5) is 3.83. The number of likely N-dealkylation sites (N-methyl/N-ethyl adjacent to an activating group) is 1. The molecule has 1 fully saturated rings. The van der Waals surface area contributed by atoms with Gasteiger partial charge in [0.1, 0.15) is 0 Å². The van der Waals surface area contributed by atoms with Crippen molar-refractivity contribution >= 4 is 43.2 Å². The third kappa shape index (κ3) is 3.29. The van der Waals surface area contributed by atoms with Crippen molar-refractivity contribution in [3.8, 4) is 0 Å². The van der Waals surface area contributed by atoms with Crippen molar-refractivity contribution in [2.75, 3.05) is 20.1 Å².